The average molecular weight is 442 g/mol. The molecule has 6 nitrogen and oxygen atoms in total. The van der Waals surface area contributed by atoms with Gasteiger partial charge in [0, 0.05) is 21.7 Å². The first-order valence-corrected chi connectivity index (χ1v) is 12.2. The molecule has 1 heterocycles. The van der Waals surface area contributed by atoms with Crippen molar-refractivity contribution in [2.45, 2.75) is 23.2 Å². The van der Waals surface area contributed by atoms with E-state index in [1.165, 1.54) is 6.07 Å². The van der Waals surface area contributed by atoms with E-state index in [1.807, 2.05) is 0 Å². The Morgan fingerprint density at radius 3 is 2.11 bits per heavy atom. The zero-order valence-electron chi connectivity index (χ0n) is 13.7. The minimum Gasteiger partial charge on any atom is -0.370 e. The third-order valence-corrected chi connectivity index (χ3v) is 9.15. The smallest absolute Gasteiger partial charge is 0.370 e. The number of fused-ring (bicyclic) bond motifs is 1. The zero-order chi connectivity index (χ0) is 19.9. The van der Waals surface area contributed by atoms with Crippen LogP contribution in [-0.2, 0) is 31.2 Å². The molecule has 0 aromatic heterocycles. The van der Waals surface area contributed by atoms with Crippen LogP contribution in [0.1, 0.15) is 12.8 Å². The average Bonchev–Trinajstić information content (AvgIpc) is 3.07. The maximum absolute atomic E-state index is 12.4. The van der Waals surface area contributed by atoms with Crippen molar-refractivity contribution in [3.8, 4) is 5.75 Å². The minimum atomic E-state index is -6.11. The summed E-state index contributed by atoms with van der Waals surface area (Å²) in [5.41, 5.74) is -5.78. The molecule has 0 spiro atoms. The number of sulfonamides is 1. The second-order valence-corrected chi connectivity index (χ2v) is 11.2. The Bertz CT molecular complexity index is 1060. The van der Waals surface area contributed by atoms with Crippen LogP contribution < -0.4 is 8.31 Å². The molecule has 2 aromatic rings. The molecule has 1 fully saturated rings. The Morgan fingerprint density at radius 1 is 0.926 bits per heavy atom. The fourth-order valence-electron chi connectivity index (χ4n) is 2.76. The Balaban J connectivity index is 1.97. The van der Waals surface area contributed by atoms with Gasteiger partial charge in [-0.15, -0.1) is 0 Å². The van der Waals surface area contributed by atoms with E-state index in [9.17, 15) is 30.0 Å². The van der Waals surface area contributed by atoms with E-state index in [2.05, 4.69) is 4.18 Å². The molecule has 0 atom stereocenters. The third kappa shape index (κ3) is 4.33. The lowest BCUT2D eigenvalue weighted by Gasteiger charge is -2.13. The molecule has 0 bridgehead atoms. The second kappa shape index (κ2) is 7.15. The Kier molecular flexibility index (Phi) is 5.36. The summed E-state index contributed by atoms with van der Waals surface area (Å²) in [5.74, 6) is 1.80. The minimum absolute atomic E-state index is 0.0104. The third-order valence-electron chi connectivity index (χ3n) is 3.90. The number of nitrogens with one attached hydrogen (secondary N) is 1. The van der Waals surface area contributed by atoms with Crippen molar-refractivity contribution in [1.29, 1.82) is 0 Å². The molecule has 1 aliphatic heterocycles. The molecular formula is C15H15F3NO5S3+. The van der Waals surface area contributed by atoms with Gasteiger partial charge >= 0.3 is 25.8 Å². The van der Waals surface area contributed by atoms with Crippen LogP contribution in [0.15, 0.2) is 41.3 Å². The van der Waals surface area contributed by atoms with Crippen LogP contribution in [0, 0.1) is 0 Å². The van der Waals surface area contributed by atoms with Gasteiger partial charge in [0.05, 0.1) is 0 Å². The standard InChI is InChI=1S/C15H15F3NO5S3/c16-15(17,18)26(20,21)19-27(22,23)24-13-7-8-14(25-9-3-4-10-25)12-6-2-1-5-11(12)13/h1-2,5-8,19H,3-4,9-10H2/q+1. The number of rotatable bonds is 5. The number of hydrogen-bond acceptors (Lipinski definition) is 5. The van der Waals surface area contributed by atoms with Crippen LogP contribution in [0.3, 0.4) is 0 Å². The fourth-order valence-corrected chi connectivity index (χ4v) is 7.23. The molecule has 1 N–H and O–H groups in total. The highest BCUT2D eigenvalue weighted by Crippen LogP contribution is 2.35. The summed E-state index contributed by atoms with van der Waals surface area (Å²) in [6.07, 6.45) is 2.20. The van der Waals surface area contributed by atoms with Crippen molar-refractivity contribution in [2.24, 2.45) is 0 Å². The SMILES string of the molecule is O=S(=O)(NS(=O)(=O)C(F)(F)F)Oc1ccc([S+]2CCCC2)c2ccccc12. The molecule has 3 rings (SSSR count). The Hall–Kier alpha value is -1.50. The molecule has 0 amide bonds. The fraction of sp³-hybridized carbons (Fsp3) is 0.333. The first-order valence-electron chi connectivity index (χ1n) is 7.74. The van der Waals surface area contributed by atoms with Crippen molar-refractivity contribution in [3.05, 3.63) is 36.4 Å². The lowest BCUT2D eigenvalue weighted by atomic mass is 10.1. The van der Waals surface area contributed by atoms with E-state index < -0.39 is 25.8 Å². The Labute approximate surface area is 157 Å². The van der Waals surface area contributed by atoms with E-state index in [4.69, 9.17) is 0 Å². The number of benzene rings is 2. The van der Waals surface area contributed by atoms with Crippen molar-refractivity contribution < 1.29 is 34.2 Å². The first kappa shape index (κ1) is 20.2. The van der Waals surface area contributed by atoms with Crippen molar-refractivity contribution >= 4 is 42.0 Å². The first-order chi connectivity index (χ1) is 12.5. The summed E-state index contributed by atoms with van der Waals surface area (Å²) in [6.45, 7) is 0. The Morgan fingerprint density at radius 2 is 1.52 bits per heavy atom. The molecule has 27 heavy (non-hydrogen) atoms. The van der Waals surface area contributed by atoms with Crippen molar-refractivity contribution in [1.82, 2.24) is 4.13 Å². The van der Waals surface area contributed by atoms with Gasteiger partial charge in [0.15, 0.2) is 10.6 Å². The van der Waals surface area contributed by atoms with E-state index in [1.54, 1.807) is 30.3 Å². The lowest BCUT2D eigenvalue weighted by molar-refractivity contribution is -0.0442. The van der Waals surface area contributed by atoms with Crippen molar-refractivity contribution in [2.75, 3.05) is 11.5 Å². The van der Waals surface area contributed by atoms with Gasteiger partial charge in [-0.3, -0.25) is 0 Å². The molecule has 0 unspecified atom stereocenters. The van der Waals surface area contributed by atoms with Crippen LogP contribution in [0.4, 0.5) is 13.2 Å². The molecule has 0 saturated carbocycles. The number of alkyl halides is 3. The van der Waals surface area contributed by atoms with Gasteiger partial charge in [0.1, 0.15) is 11.5 Å². The summed E-state index contributed by atoms with van der Waals surface area (Å²) in [6, 6.07) is 9.75. The van der Waals surface area contributed by atoms with Gasteiger partial charge in [0.25, 0.3) is 0 Å². The topological polar surface area (TPSA) is 89.5 Å². The normalized spacial score (nSPS) is 16.7. The van der Waals surface area contributed by atoms with E-state index in [-0.39, 0.29) is 16.6 Å². The van der Waals surface area contributed by atoms with E-state index in [0.29, 0.717) is 9.51 Å². The predicted octanol–water partition coefficient (Wildman–Crippen LogP) is 2.67. The highest BCUT2D eigenvalue weighted by Gasteiger charge is 2.49. The molecule has 2 aromatic carbocycles. The zero-order valence-corrected chi connectivity index (χ0v) is 16.1. The van der Waals surface area contributed by atoms with E-state index >= 15 is 0 Å². The van der Waals surface area contributed by atoms with Gasteiger partial charge in [-0.05, 0) is 31.0 Å². The quantitative estimate of drug-likeness (QED) is 0.720. The summed E-state index contributed by atoms with van der Waals surface area (Å²) >= 11 is 0. The summed E-state index contributed by atoms with van der Waals surface area (Å²) in [5, 5.41) is 1.11. The van der Waals surface area contributed by atoms with Crippen LogP contribution in [0.5, 0.6) is 5.75 Å². The largest absolute Gasteiger partial charge is 0.512 e. The van der Waals surface area contributed by atoms with Gasteiger partial charge in [-0.1, -0.05) is 22.3 Å². The molecule has 1 saturated heterocycles. The van der Waals surface area contributed by atoms with Gasteiger partial charge < -0.3 is 4.18 Å². The molecule has 0 aliphatic carbocycles. The van der Waals surface area contributed by atoms with Crippen molar-refractivity contribution in [3.63, 3.8) is 0 Å². The summed E-state index contributed by atoms with van der Waals surface area (Å²) < 4.78 is 88.2. The van der Waals surface area contributed by atoms with Gasteiger partial charge in [0.2, 0.25) is 0 Å². The maximum atomic E-state index is 12.4. The maximum Gasteiger partial charge on any atom is 0.512 e. The number of halogens is 3. The lowest BCUT2D eigenvalue weighted by Crippen LogP contribution is -2.42. The summed E-state index contributed by atoms with van der Waals surface area (Å²) in [7, 11) is -11.4. The van der Waals surface area contributed by atoms with E-state index in [0.717, 1.165) is 34.6 Å². The highest BCUT2D eigenvalue weighted by atomic mass is 32.3. The molecule has 148 valence electrons. The monoisotopic (exact) mass is 442 g/mol. The van der Waals surface area contributed by atoms with Crippen LogP contribution in [0.2, 0.25) is 0 Å². The predicted molar refractivity (Wildman–Crippen MR) is 96.2 cm³/mol. The van der Waals surface area contributed by atoms with Crippen LogP contribution >= 0.6 is 0 Å². The summed E-state index contributed by atoms with van der Waals surface area (Å²) in [4.78, 5) is 1.03. The molecule has 1 aliphatic rings. The second-order valence-electron chi connectivity index (χ2n) is 5.79. The highest BCUT2D eigenvalue weighted by molar-refractivity contribution is 8.03. The molecule has 12 heteroatoms. The van der Waals surface area contributed by atoms with Crippen LogP contribution in [-0.4, -0.2) is 33.8 Å². The molecular weight excluding hydrogens is 427 g/mol. The van der Waals surface area contributed by atoms with Gasteiger partial charge in [-0.25, -0.2) is 8.42 Å². The number of hydrogen-bond donors (Lipinski definition) is 1. The molecule has 0 radical (unpaired) electrons. The van der Waals surface area contributed by atoms with Gasteiger partial charge in [-0.2, -0.15) is 21.6 Å². The van der Waals surface area contributed by atoms with Crippen LogP contribution in [0.25, 0.3) is 10.8 Å².